The largest absolute Gasteiger partial charge is 0.484 e. The number of nitrogens with zero attached hydrogens (tertiary/aromatic N) is 3. The van der Waals surface area contributed by atoms with Gasteiger partial charge in [0.15, 0.2) is 6.61 Å². The van der Waals surface area contributed by atoms with Crippen LogP contribution in [0.3, 0.4) is 0 Å². The molecule has 33 heavy (non-hydrogen) atoms. The normalized spacial score (nSPS) is 14.8. The third-order valence-electron chi connectivity index (χ3n) is 4.98. The summed E-state index contributed by atoms with van der Waals surface area (Å²) in [6.07, 6.45) is -10.0. The quantitative estimate of drug-likeness (QED) is 0.364. The highest BCUT2D eigenvalue weighted by Gasteiger charge is 2.37. The number of nitro benzene ring substituents is 1. The molecule has 0 saturated carbocycles. The lowest BCUT2D eigenvalue weighted by molar-refractivity contribution is -0.384. The fraction of sp³-hybridized carbons (Fsp3) is 0.350. The summed E-state index contributed by atoms with van der Waals surface area (Å²) >= 11 is 0. The molecule has 1 saturated heterocycles. The van der Waals surface area contributed by atoms with Gasteiger partial charge in [0.2, 0.25) is 0 Å². The van der Waals surface area contributed by atoms with Gasteiger partial charge >= 0.3 is 12.4 Å². The number of halogens is 6. The standard InChI is InChI=1S/C20H17F6N3O4/c21-19(22,23)13-9-14(20(24,25)26)11-17(10-13)33-12-18(30)28-7-5-27(6-8-28)15-1-3-16(4-2-15)29(31)32/h1-4,9-11H,5-8,12H2. The van der Waals surface area contributed by atoms with Crippen molar-refractivity contribution in [1.82, 2.24) is 4.90 Å². The summed E-state index contributed by atoms with van der Waals surface area (Å²) in [4.78, 5) is 25.8. The van der Waals surface area contributed by atoms with Crippen molar-refractivity contribution < 1.29 is 40.8 Å². The first kappa shape index (κ1) is 24.1. The molecule has 2 aromatic rings. The number of ether oxygens (including phenoxy) is 1. The fourth-order valence-electron chi connectivity index (χ4n) is 3.25. The lowest BCUT2D eigenvalue weighted by atomic mass is 10.1. The number of alkyl halides is 6. The molecule has 2 aromatic carbocycles. The maximum Gasteiger partial charge on any atom is 0.416 e. The molecule has 0 atom stereocenters. The van der Waals surface area contributed by atoms with Crippen LogP contribution in [0, 0.1) is 10.1 Å². The van der Waals surface area contributed by atoms with E-state index in [0.29, 0.717) is 30.9 Å². The number of amides is 1. The molecule has 0 bridgehead atoms. The summed E-state index contributed by atoms with van der Waals surface area (Å²) in [5, 5.41) is 10.7. The SMILES string of the molecule is O=C(COc1cc(C(F)(F)F)cc(C(F)(F)F)c1)N1CCN(c2ccc([N+](=O)[O-])cc2)CC1. The van der Waals surface area contributed by atoms with Gasteiger partial charge in [-0.15, -0.1) is 0 Å². The second-order valence-electron chi connectivity index (χ2n) is 7.17. The van der Waals surface area contributed by atoms with E-state index in [1.54, 1.807) is 12.1 Å². The zero-order valence-electron chi connectivity index (χ0n) is 16.8. The Bertz CT molecular complexity index is 984. The molecule has 0 unspecified atom stereocenters. The number of piperazine rings is 1. The van der Waals surface area contributed by atoms with Gasteiger partial charge in [-0.3, -0.25) is 14.9 Å². The van der Waals surface area contributed by atoms with Gasteiger partial charge in [-0.25, -0.2) is 0 Å². The van der Waals surface area contributed by atoms with Gasteiger partial charge in [0.25, 0.3) is 11.6 Å². The van der Waals surface area contributed by atoms with Gasteiger partial charge in [0, 0.05) is 44.0 Å². The van der Waals surface area contributed by atoms with Crippen molar-refractivity contribution in [1.29, 1.82) is 0 Å². The average molecular weight is 477 g/mol. The molecular formula is C20H17F6N3O4. The van der Waals surface area contributed by atoms with Gasteiger partial charge in [0.1, 0.15) is 5.75 Å². The average Bonchev–Trinajstić information content (AvgIpc) is 2.76. The Morgan fingerprint density at radius 2 is 1.42 bits per heavy atom. The topological polar surface area (TPSA) is 75.9 Å². The van der Waals surface area contributed by atoms with Gasteiger partial charge in [-0.1, -0.05) is 0 Å². The summed E-state index contributed by atoms with van der Waals surface area (Å²) in [6, 6.07) is 6.65. The highest BCUT2D eigenvalue weighted by Crippen LogP contribution is 2.38. The molecule has 0 N–H and O–H groups in total. The molecule has 1 fully saturated rings. The number of carbonyl (C=O) groups excluding carboxylic acids is 1. The summed E-state index contributed by atoms with van der Waals surface area (Å²) in [7, 11) is 0. The number of anilines is 1. The van der Waals surface area contributed by atoms with Crippen molar-refractivity contribution >= 4 is 17.3 Å². The van der Waals surface area contributed by atoms with Crippen LogP contribution >= 0.6 is 0 Å². The first-order valence-corrected chi connectivity index (χ1v) is 9.54. The van der Waals surface area contributed by atoms with Gasteiger partial charge in [-0.05, 0) is 30.3 Å². The van der Waals surface area contributed by atoms with E-state index in [4.69, 9.17) is 4.74 Å². The minimum atomic E-state index is -5.02. The second kappa shape index (κ2) is 9.16. The number of hydrogen-bond donors (Lipinski definition) is 0. The van der Waals surface area contributed by atoms with Crippen LogP contribution in [0.2, 0.25) is 0 Å². The van der Waals surface area contributed by atoms with Crippen molar-refractivity contribution in [3.63, 3.8) is 0 Å². The highest BCUT2D eigenvalue weighted by atomic mass is 19.4. The smallest absolute Gasteiger partial charge is 0.416 e. The number of hydrogen-bond acceptors (Lipinski definition) is 5. The molecule has 7 nitrogen and oxygen atoms in total. The third-order valence-corrected chi connectivity index (χ3v) is 4.98. The Morgan fingerprint density at radius 1 is 0.909 bits per heavy atom. The predicted molar refractivity (Wildman–Crippen MR) is 104 cm³/mol. The molecule has 0 aromatic heterocycles. The van der Waals surface area contributed by atoms with E-state index in [1.165, 1.54) is 17.0 Å². The van der Waals surface area contributed by atoms with Gasteiger partial charge in [-0.2, -0.15) is 26.3 Å². The van der Waals surface area contributed by atoms with Crippen LogP contribution in [0.15, 0.2) is 42.5 Å². The summed E-state index contributed by atoms with van der Waals surface area (Å²) in [6.45, 7) is 0.498. The Kier molecular flexibility index (Phi) is 6.70. The molecule has 1 amide bonds. The first-order valence-electron chi connectivity index (χ1n) is 9.54. The lowest BCUT2D eigenvalue weighted by Gasteiger charge is -2.36. The van der Waals surface area contributed by atoms with E-state index in [1.807, 2.05) is 4.90 Å². The molecule has 0 radical (unpaired) electrons. The monoisotopic (exact) mass is 477 g/mol. The Labute approximate surface area is 183 Å². The lowest BCUT2D eigenvalue weighted by Crippen LogP contribution is -2.50. The van der Waals surface area contributed by atoms with Crippen molar-refractivity contribution in [3.8, 4) is 5.75 Å². The highest BCUT2D eigenvalue weighted by molar-refractivity contribution is 5.78. The molecule has 0 spiro atoms. The number of rotatable bonds is 5. The molecule has 1 aliphatic heterocycles. The van der Waals surface area contributed by atoms with Crippen LogP contribution in [0.25, 0.3) is 0 Å². The summed E-state index contributed by atoms with van der Waals surface area (Å²) < 4.78 is 82.5. The van der Waals surface area contributed by atoms with Crippen molar-refractivity contribution in [2.75, 3.05) is 37.7 Å². The van der Waals surface area contributed by atoms with E-state index in [-0.39, 0.29) is 24.8 Å². The maximum absolute atomic E-state index is 12.9. The van der Waals surface area contributed by atoms with E-state index < -0.39 is 46.7 Å². The summed E-state index contributed by atoms with van der Waals surface area (Å²) in [5.74, 6) is -1.31. The minimum Gasteiger partial charge on any atom is -0.484 e. The summed E-state index contributed by atoms with van der Waals surface area (Å²) in [5.41, 5.74) is -2.41. The van der Waals surface area contributed by atoms with Crippen molar-refractivity contribution in [2.24, 2.45) is 0 Å². The molecule has 13 heteroatoms. The van der Waals surface area contributed by atoms with Crippen LogP contribution < -0.4 is 9.64 Å². The second-order valence-corrected chi connectivity index (χ2v) is 7.17. The van der Waals surface area contributed by atoms with E-state index in [0.717, 1.165) is 0 Å². The van der Waals surface area contributed by atoms with Crippen molar-refractivity contribution in [3.05, 3.63) is 63.7 Å². The first-order chi connectivity index (χ1) is 15.3. The maximum atomic E-state index is 12.9. The van der Waals surface area contributed by atoms with E-state index in [9.17, 15) is 41.3 Å². The Hall–Kier alpha value is -3.51. The zero-order chi connectivity index (χ0) is 24.4. The van der Waals surface area contributed by atoms with Crippen LogP contribution in [0.4, 0.5) is 37.7 Å². The molecule has 0 aliphatic carbocycles. The zero-order valence-corrected chi connectivity index (χ0v) is 16.8. The fourth-order valence-corrected chi connectivity index (χ4v) is 3.25. The van der Waals surface area contributed by atoms with Gasteiger partial charge in [0.05, 0.1) is 16.1 Å². The minimum absolute atomic E-state index is 0.0217. The van der Waals surface area contributed by atoms with Crippen LogP contribution in [-0.2, 0) is 17.1 Å². The molecule has 1 aliphatic rings. The molecule has 178 valence electrons. The predicted octanol–water partition coefficient (Wildman–Crippen LogP) is 4.36. The number of carbonyl (C=O) groups is 1. The molecule has 3 rings (SSSR count). The number of benzene rings is 2. The van der Waals surface area contributed by atoms with Crippen LogP contribution in [-0.4, -0.2) is 48.5 Å². The molecule has 1 heterocycles. The number of nitro groups is 1. The Morgan fingerprint density at radius 3 is 1.88 bits per heavy atom. The van der Waals surface area contributed by atoms with Crippen molar-refractivity contribution in [2.45, 2.75) is 12.4 Å². The van der Waals surface area contributed by atoms with Crippen LogP contribution in [0.1, 0.15) is 11.1 Å². The molecular weight excluding hydrogens is 460 g/mol. The van der Waals surface area contributed by atoms with Crippen LogP contribution in [0.5, 0.6) is 5.75 Å². The van der Waals surface area contributed by atoms with Gasteiger partial charge < -0.3 is 14.5 Å². The van der Waals surface area contributed by atoms with E-state index in [2.05, 4.69) is 0 Å². The third kappa shape index (κ3) is 6.05. The number of non-ortho nitro benzene ring substituents is 1. The Balaban J connectivity index is 1.60. The van der Waals surface area contributed by atoms with E-state index >= 15 is 0 Å².